The number of benzene rings is 1. The first kappa shape index (κ1) is 13.7. The van der Waals surface area contributed by atoms with Crippen LogP contribution >= 0.6 is 11.6 Å². The quantitative estimate of drug-likeness (QED) is 0.885. The van der Waals surface area contributed by atoms with Crippen LogP contribution in [0.1, 0.15) is 30.9 Å². The molecule has 1 saturated heterocycles. The lowest BCUT2D eigenvalue weighted by Crippen LogP contribution is -2.42. The third-order valence-corrected chi connectivity index (χ3v) is 3.75. The summed E-state index contributed by atoms with van der Waals surface area (Å²) in [6.45, 7) is 8.99. The summed E-state index contributed by atoms with van der Waals surface area (Å²) in [5.41, 5.74) is 1.93. The number of nitrogens with zero attached hydrogens (tertiary/aromatic N) is 1. The number of halogens is 1. The SMILES string of the molecule is CC(C)c1cc(O)c(CN2CCNCC2)cc1Cl. The molecule has 1 heterocycles. The van der Waals surface area contributed by atoms with Crippen molar-refractivity contribution in [3.05, 3.63) is 28.3 Å². The maximum atomic E-state index is 10.1. The summed E-state index contributed by atoms with van der Waals surface area (Å²) in [5, 5.41) is 14.2. The summed E-state index contributed by atoms with van der Waals surface area (Å²) < 4.78 is 0. The van der Waals surface area contributed by atoms with Gasteiger partial charge in [-0.25, -0.2) is 0 Å². The molecule has 0 radical (unpaired) electrons. The lowest BCUT2D eigenvalue weighted by atomic mass is 10.0. The molecule has 3 nitrogen and oxygen atoms in total. The van der Waals surface area contributed by atoms with Crippen molar-refractivity contribution in [1.29, 1.82) is 0 Å². The molecule has 1 aromatic carbocycles. The fourth-order valence-corrected chi connectivity index (χ4v) is 2.70. The van der Waals surface area contributed by atoms with Crippen LogP contribution in [0.4, 0.5) is 0 Å². The maximum Gasteiger partial charge on any atom is 0.120 e. The van der Waals surface area contributed by atoms with Crippen molar-refractivity contribution in [1.82, 2.24) is 10.2 Å². The Morgan fingerprint density at radius 3 is 2.61 bits per heavy atom. The van der Waals surface area contributed by atoms with Gasteiger partial charge in [0, 0.05) is 43.3 Å². The molecule has 0 aromatic heterocycles. The van der Waals surface area contributed by atoms with Crippen molar-refractivity contribution in [3.8, 4) is 5.75 Å². The van der Waals surface area contributed by atoms with Gasteiger partial charge < -0.3 is 10.4 Å². The van der Waals surface area contributed by atoms with Gasteiger partial charge in [0.1, 0.15) is 5.75 Å². The minimum absolute atomic E-state index is 0.330. The summed E-state index contributed by atoms with van der Waals surface area (Å²) >= 11 is 6.27. The van der Waals surface area contributed by atoms with E-state index >= 15 is 0 Å². The van der Waals surface area contributed by atoms with Crippen molar-refractivity contribution in [3.63, 3.8) is 0 Å². The number of hydrogen-bond acceptors (Lipinski definition) is 3. The molecule has 0 aliphatic carbocycles. The fraction of sp³-hybridized carbons (Fsp3) is 0.571. The van der Waals surface area contributed by atoms with Crippen LogP contribution in [-0.4, -0.2) is 36.2 Å². The van der Waals surface area contributed by atoms with Gasteiger partial charge in [-0.3, -0.25) is 4.90 Å². The summed E-state index contributed by atoms with van der Waals surface area (Å²) in [5.74, 6) is 0.693. The molecule has 100 valence electrons. The van der Waals surface area contributed by atoms with Gasteiger partial charge in [-0.15, -0.1) is 0 Å². The van der Waals surface area contributed by atoms with Gasteiger partial charge in [0.15, 0.2) is 0 Å². The van der Waals surface area contributed by atoms with Crippen molar-refractivity contribution in [2.45, 2.75) is 26.3 Å². The van der Waals surface area contributed by atoms with E-state index in [1.807, 2.05) is 12.1 Å². The molecule has 0 amide bonds. The number of hydrogen-bond donors (Lipinski definition) is 2. The van der Waals surface area contributed by atoms with Crippen LogP contribution in [0.3, 0.4) is 0 Å². The zero-order valence-electron chi connectivity index (χ0n) is 11.0. The van der Waals surface area contributed by atoms with E-state index in [1.54, 1.807) is 0 Å². The maximum absolute atomic E-state index is 10.1. The van der Waals surface area contributed by atoms with Crippen molar-refractivity contribution < 1.29 is 5.11 Å². The lowest BCUT2D eigenvalue weighted by Gasteiger charge is -2.27. The second-order valence-electron chi connectivity index (χ2n) is 5.18. The summed E-state index contributed by atoms with van der Waals surface area (Å²) in [6, 6.07) is 3.72. The topological polar surface area (TPSA) is 35.5 Å². The van der Waals surface area contributed by atoms with Gasteiger partial charge in [0.05, 0.1) is 0 Å². The molecule has 0 atom stereocenters. The average Bonchev–Trinajstić information content (AvgIpc) is 2.34. The summed E-state index contributed by atoms with van der Waals surface area (Å²) in [6.07, 6.45) is 0. The Morgan fingerprint density at radius 2 is 2.00 bits per heavy atom. The van der Waals surface area contributed by atoms with Crippen LogP contribution in [0.25, 0.3) is 0 Å². The predicted octanol–water partition coefficient (Wildman–Crippen LogP) is 2.57. The fourth-order valence-electron chi connectivity index (χ4n) is 2.30. The Bertz CT molecular complexity index is 415. The normalized spacial score (nSPS) is 17.3. The highest BCUT2D eigenvalue weighted by Gasteiger charge is 2.15. The highest BCUT2D eigenvalue weighted by atomic mass is 35.5. The summed E-state index contributed by atoms with van der Waals surface area (Å²) in [7, 11) is 0. The van der Waals surface area contributed by atoms with Gasteiger partial charge in [-0.1, -0.05) is 25.4 Å². The third kappa shape index (κ3) is 3.16. The largest absolute Gasteiger partial charge is 0.508 e. The molecule has 2 N–H and O–H groups in total. The zero-order valence-corrected chi connectivity index (χ0v) is 11.8. The molecular formula is C14H21ClN2O. The Morgan fingerprint density at radius 1 is 1.33 bits per heavy atom. The number of piperazine rings is 1. The number of phenolic OH excluding ortho intramolecular Hbond substituents is 1. The third-order valence-electron chi connectivity index (χ3n) is 3.42. The second kappa shape index (κ2) is 5.91. The minimum atomic E-state index is 0.330. The average molecular weight is 269 g/mol. The van der Waals surface area contributed by atoms with Gasteiger partial charge in [0.25, 0.3) is 0 Å². The van der Waals surface area contributed by atoms with E-state index in [2.05, 4.69) is 24.1 Å². The molecule has 1 aliphatic heterocycles. The highest BCUT2D eigenvalue weighted by Crippen LogP contribution is 2.31. The van der Waals surface area contributed by atoms with E-state index in [1.165, 1.54) is 0 Å². The first-order chi connectivity index (χ1) is 8.58. The minimum Gasteiger partial charge on any atom is -0.508 e. The molecule has 0 spiro atoms. The zero-order chi connectivity index (χ0) is 13.1. The number of nitrogens with one attached hydrogen (secondary N) is 1. The van der Waals surface area contributed by atoms with E-state index in [9.17, 15) is 5.11 Å². The van der Waals surface area contributed by atoms with Crippen LogP contribution in [0.2, 0.25) is 5.02 Å². The summed E-state index contributed by atoms with van der Waals surface area (Å²) in [4.78, 5) is 2.33. The molecule has 1 aromatic rings. The molecular weight excluding hydrogens is 248 g/mol. The highest BCUT2D eigenvalue weighted by molar-refractivity contribution is 6.31. The monoisotopic (exact) mass is 268 g/mol. The first-order valence-electron chi connectivity index (χ1n) is 6.52. The predicted molar refractivity (Wildman–Crippen MR) is 75.4 cm³/mol. The van der Waals surface area contributed by atoms with Crippen LogP contribution in [0, 0.1) is 0 Å². The molecule has 1 aliphatic rings. The Kier molecular flexibility index (Phi) is 4.49. The lowest BCUT2D eigenvalue weighted by molar-refractivity contribution is 0.230. The molecule has 18 heavy (non-hydrogen) atoms. The number of rotatable bonds is 3. The smallest absolute Gasteiger partial charge is 0.120 e. The van der Waals surface area contributed by atoms with Crippen LogP contribution in [0.15, 0.2) is 12.1 Å². The molecule has 2 rings (SSSR count). The Hall–Kier alpha value is -0.770. The van der Waals surface area contributed by atoms with Crippen molar-refractivity contribution in [2.75, 3.05) is 26.2 Å². The molecule has 1 fully saturated rings. The Labute approximate surface area is 114 Å². The van der Waals surface area contributed by atoms with E-state index in [0.29, 0.717) is 11.7 Å². The van der Waals surface area contributed by atoms with Gasteiger partial charge in [-0.05, 0) is 23.6 Å². The standard InChI is InChI=1S/C14H21ClN2O/c1-10(2)12-8-14(18)11(7-13(12)15)9-17-5-3-16-4-6-17/h7-8,10,16,18H,3-6,9H2,1-2H3. The van der Waals surface area contributed by atoms with Crippen LogP contribution < -0.4 is 5.32 Å². The molecule has 0 unspecified atom stereocenters. The first-order valence-corrected chi connectivity index (χ1v) is 6.90. The second-order valence-corrected chi connectivity index (χ2v) is 5.59. The van der Waals surface area contributed by atoms with Gasteiger partial charge in [-0.2, -0.15) is 0 Å². The van der Waals surface area contributed by atoms with E-state index < -0.39 is 0 Å². The Balaban J connectivity index is 2.15. The molecule has 4 heteroatoms. The molecule has 0 bridgehead atoms. The number of phenols is 1. The van der Waals surface area contributed by atoms with Crippen molar-refractivity contribution in [2.24, 2.45) is 0 Å². The molecule has 0 saturated carbocycles. The van der Waals surface area contributed by atoms with Gasteiger partial charge >= 0.3 is 0 Å². The van der Waals surface area contributed by atoms with E-state index in [4.69, 9.17) is 11.6 Å². The van der Waals surface area contributed by atoms with E-state index in [-0.39, 0.29) is 0 Å². The van der Waals surface area contributed by atoms with Crippen molar-refractivity contribution >= 4 is 11.6 Å². The number of aromatic hydroxyl groups is 1. The van der Waals surface area contributed by atoms with E-state index in [0.717, 1.165) is 48.9 Å². The van der Waals surface area contributed by atoms with Crippen LogP contribution in [0.5, 0.6) is 5.75 Å². The van der Waals surface area contributed by atoms with Gasteiger partial charge in [0.2, 0.25) is 0 Å². The van der Waals surface area contributed by atoms with Crippen LogP contribution in [-0.2, 0) is 6.54 Å².